The number of hydrogen-bond donors (Lipinski definition) is 2. The largest absolute Gasteiger partial charge is 0.479 e. The van der Waals surface area contributed by atoms with Gasteiger partial charge in [0.25, 0.3) is 5.91 Å². The molecule has 0 bridgehead atoms. The van der Waals surface area contributed by atoms with Gasteiger partial charge < -0.3 is 10.4 Å². The molecule has 6 nitrogen and oxygen atoms in total. The van der Waals surface area contributed by atoms with Crippen LogP contribution in [0.15, 0.2) is 42.5 Å². The van der Waals surface area contributed by atoms with Gasteiger partial charge in [0.2, 0.25) is 0 Å². The van der Waals surface area contributed by atoms with Crippen LogP contribution in [0.25, 0.3) is 11.0 Å². The number of rotatable bonds is 4. The number of halogens is 1. The molecule has 1 aromatic heterocycles. The molecule has 0 aliphatic heterocycles. The third-order valence-electron chi connectivity index (χ3n) is 4.08. The van der Waals surface area contributed by atoms with Gasteiger partial charge in [0, 0.05) is 16.1 Å². The lowest BCUT2D eigenvalue weighted by molar-refractivity contribution is -0.139. The second-order valence-corrected chi connectivity index (χ2v) is 6.27. The SMILES string of the molecule is Cc1nc2ccc(C(=O)N[C@H](C(=O)O)c3ccccc3Cl)cc2nc1C. The van der Waals surface area contributed by atoms with Crippen LogP contribution in [0.5, 0.6) is 0 Å². The minimum Gasteiger partial charge on any atom is -0.479 e. The molecule has 0 aliphatic rings. The van der Waals surface area contributed by atoms with E-state index >= 15 is 0 Å². The summed E-state index contributed by atoms with van der Waals surface area (Å²) in [7, 11) is 0. The zero-order valence-corrected chi connectivity index (χ0v) is 14.9. The molecule has 0 fully saturated rings. The lowest BCUT2D eigenvalue weighted by Gasteiger charge is -2.16. The van der Waals surface area contributed by atoms with Gasteiger partial charge in [-0.2, -0.15) is 0 Å². The fourth-order valence-corrected chi connectivity index (χ4v) is 2.81. The summed E-state index contributed by atoms with van der Waals surface area (Å²) in [5.74, 6) is -1.72. The number of carbonyl (C=O) groups is 2. The molecule has 3 rings (SSSR count). The Kier molecular flexibility index (Phi) is 4.86. The molecule has 1 amide bonds. The highest BCUT2D eigenvalue weighted by Gasteiger charge is 2.24. The molecule has 0 unspecified atom stereocenters. The fraction of sp³-hybridized carbons (Fsp3) is 0.158. The average molecular weight is 370 g/mol. The number of nitrogens with one attached hydrogen (secondary N) is 1. The van der Waals surface area contributed by atoms with Gasteiger partial charge in [0.05, 0.1) is 22.4 Å². The second kappa shape index (κ2) is 7.09. The maximum Gasteiger partial charge on any atom is 0.330 e. The van der Waals surface area contributed by atoms with Gasteiger partial charge in [-0.05, 0) is 38.1 Å². The summed E-state index contributed by atoms with van der Waals surface area (Å²) in [5.41, 5.74) is 3.46. The lowest BCUT2D eigenvalue weighted by atomic mass is 10.1. The van der Waals surface area contributed by atoms with Crippen LogP contribution >= 0.6 is 11.6 Å². The monoisotopic (exact) mass is 369 g/mol. The number of carbonyl (C=O) groups excluding carboxylic acids is 1. The summed E-state index contributed by atoms with van der Waals surface area (Å²) < 4.78 is 0. The minimum atomic E-state index is -1.25. The number of amides is 1. The Balaban J connectivity index is 1.93. The highest BCUT2D eigenvalue weighted by Crippen LogP contribution is 2.23. The highest BCUT2D eigenvalue weighted by molar-refractivity contribution is 6.31. The highest BCUT2D eigenvalue weighted by atomic mass is 35.5. The van der Waals surface area contributed by atoms with Crippen LogP contribution in [0.1, 0.15) is 33.4 Å². The minimum absolute atomic E-state index is 0.274. The van der Waals surface area contributed by atoms with Crippen LogP contribution in [-0.2, 0) is 4.79 Å². The van der Waals surface area contributed by atoms with Crippen molar-refractivity contribution < 1.29 is 14.7 Å². The molecule has 132 valence electrons. The van der Waals surface area contributed by atoms with Crippen LogP contribution in [0, 0.1) is 13.8 Å². The number of carboxylic acids is 1. The van der Waals surface area contributed by atoms with Crippen molar-refractivity contribution in [3.05, 3.63) is 70.0 Å². The van der Waals surface area contributed by atoms with Crippen molar-refractivity contribution >= 4 is 34.5 Å². The third-order valence-corrected chi connectivity index (χ3v) is 4.42. The van der Waals surface area contributed by atoms with E-state index < -0.39 is 17.9 Å². The number of aliphatic carboxylic acids is 1. The molecule has 1 heterocycles. The Morgan fingerprint density at radius 2 is 1.69 bits per heavy atom. The van der Waals surface area contributed by atoms with E-state index in [0.29, 0.717) is 22.2 Å². The molecule has 2 N–H and O–H groups in total. The quantitative estimate of drug-likeness (QED) is 0.734. The topological polar surface area (TPSA) is 92.2 Å². The van der Waals surface area contributed by atoms with Crippen molar-refractivity contribution in [1.82, 2.24) is 15.3 Å². The number of aryl methyl sites for hydroxylation is 2. The van der Waals surface area contributed by atoms with Gasteiger partial charge in [0.15, 0.2) is 6.04 Å². The maximum absolute atomic E-state index is 12.6. The standard InChI is InChI=1S/C19H16ClN3O3/c1-10-11(2)22-16-9-12(7-8-15(16)21-10)18(24)23-17(19(25)26)13-5-3-4-6-14(13)20/h3-9,17H,1-2H3,(H,23,24)(H,25,26)/t17-/m0/s1. The van der Waals surface area contributed by atoms with Crippen molar-refractivity contribution in [3.8, 4) is 0 Å². The summed E-state index contributed by atoms with van der Waals surface area (Å²) in [6.45, 7) is 3.70. The van der Waals surface area contributed by atoms with Gasteiger partial charge in [-0.25, -0.2) is 14.8 Å². The predicted octanol–water partition coefficient (Wildman–Crippen LogP) is 3.46. The summed E-state index contributed by atoms with van der Waals surface area (Å²) in [4.78, 5) is 33.0. The molecule has 2 aromatic carbocycles. The molecule has 7 heteroatoms. The first-order valence-corrected chi connectivity index (χ1v) is 8.27. The van der Waals surface area contributed by atoms with E-state index in [0.717, 1.165) is 11.4 Å². The number of fused-ring (bicyclic) bond motifs is 1. The van der Waals surface area contributed by atoms with Crippen molar-refractivity contribution in [1.29, 1.82) is 0 Å². The smallest absolute Gasteiger partial charge is 0.330 e. The van der Waals surface area contributed by atoms with Crippen molar-refractivity contribution in [2.75, 3.05) is 0 Å². The van der Waals surface area contributed by atoms with E-state index in [9.17, 15) is 14.7 Å². The molecule has 1 atom stereocenters. The third kappa shape index (κ3) is 3.50. The van der Waals surface area contributed by atoms with Gasteiger partial charge in [-0.1, -0.05) is 29.8 Å². The second-order valence-electron chi connectivity index (χ2n) is 5.86. The Labute approximate surface area is 154 Å². The van der Waals surface area contributed by atoms with E-state index in [4.69, 9.17) is 11.6 Å². The van der Waals surface area contributed by atoms with E-state index in [2.05, 4.69) is 15.3 Å². The van der Waals surface area contributed by atoms with Crippen LogP contribution < -0.4 is 5.32 Å². The Morgan fingerprint density at radius 1 is 1.04 bits per heavy atom. The molecular formula is C19H16ClN3O3. The predicted molar refractivity (Wildman–Crippen MR) is 98.3 cm³/mol. The maximum atomic E-state index is 12.6. The lowest BCUT2D eigenvalue weighted by Crippen LogP contribution is -2.34. The van der Waals surface area contributed by atoms with Crippen molar-refractivity contribution in [2.24, 2.45) is 0 Å². The Bertz CT molecular complexity index is 1020. The summed E-state index contributed by atoms with van der Waals surface area (Å²) in [6.07, 6.45) is 0. The Hall–Kier alpha value is -2.99. The van der Waals surface area contributed by atoms with Crippen LogP contribution in [-0.4, -0.2) is 27.0 Å². The van der Waals surface area contributed by atoms with Crippen LogP contribution in [0.4, 0.5) is 0 Å². The number of hydrogen-bond acceptors (Lipinski definition) is 4. The molecule has 0 radical (unpaired) electrons. The fourth-order valence-electron chi connectivity index (χ4n) is 2.57. The van der Waals surface area contributed by atoms with Crippen LogP contribution in [0.3, 0.4) is 0 Å². The van der Waals surface area contributed by atoms with E-state index in [1.807, 2.05) is 13.8 Å². The van der Waals surface area contributed by atoms with E-state index in [1.165, 1.54) is 0 Å². The van der Waals surface area contributed by atoms with Gasteiger partial charge in [-0.3, -0.25) is 4.79 Å². The normalized spacial score (nSPS) is 12.0. The average Bonchev–Trinajstić information content (AvgIpc) is 2.60. The van der Waals surface area contributed by atoms with E-state index in [-0.39, 0.29) is 5.02 Å². The summed E-state index contributed by atoms with van der Waals surface area (Å²) >= 11 is 6.07. The first-order chi connectivity index (χ1) is 12.4. The number of aromatic nitrogens is 2. The van der Waals surface area contributed by atoms with Crippen molar-refractivity contribution in [3.63, 3.8) is 0 Å². The summed E-state index contributed by atoms with van der Waals surface area (Å²) in [6, 6.07) is 10.1. The van der Waals surface area contributed by atoms with Crippen LogP contribution in [0.2, 0.25) is 5.02 Å². The molecule has 0 spiro atoms. The zero-order valence-electron chi connectivity index (χ0n) is 14.2. The first kappa shape index (κ1) is 17.8. The Morgan fingerprint density at radius 3 is 2.35 bits per heavy atom. The zero-order chi connectivity index (χ0) is 18.8. The summed E-state index contributed by atoms with van der Waals surface area (Å²) in [5, 5.41) is 12.3. The van der Waals surface area contributed by atoms with Crippen molar-refractivity contribution in [2.45, 2.75) is 19.9 Å². The first-order valence-electron chi connectivity index (χ1n) is 7.90. The molecule has 26 heavy (non-hydrogen) atoms. The molecule has 3 aromatic rings. The number of nitrogens with zero attached hydrogens (tertiary/aromatic N) is 2. The molecular weight excluding hydrogens is 354 g/mol. The molecule has 0 saturated heterocycles. The van der Waals surface area contributed by atoms with Gasteiger partial charge >= 0.3 is 5.97 Å². The molecule has 0 saturated carbocycles. The van der Waals surface area contributed by atoms with Gasteiger partial charge in [0.1, 0.15) is 0 Å². The van der Waals surface area contributed by atoms with E-state index in [1.54, 1.807) is 42.5 Å². The number of carboxylic acid groups (broad SMARTS) is 1. The van der Waals surface area contributed by atoms with Gasteiger partial charge in [-0.15, -0.1) is 0 Å². The molecule has 0 aliphatic carbocycles. The number of benzene rings is 2.